The maximum atomic E-state index is 12.9. The number of pyridine rings is 1. The van der Waals surface area contributed by atoms with Gasteiger partial charge in [0.15, 0.2) is 5.13 Å². The van der Waals surface area contributed by atoms with Crippen molar-refractivity contribution in [2.24, 2.45) is 0 Å². The van der Waals surface area contributed by atoms with Crippen LogP contribution in [-0.2, 0) is 0 Å². The first-order valence-corrected chi connectivity index (χ1v) is 8.97. The number of benzene rings is 1. The highest BCUT2D eigenvalue weighted by molar-refractivity contribution is 7.13. The SMILES string of the molecule is Cc1ccc(-c2cc(C(=O)Nc3nc(C)cs3)c3c(C)noc3n2)cc1. The highest BCUT2D eigenvalue weighted by atomic mass is 32.1. The van der Waals surface area contributed by atoms with Gasteiger partial charge in [-0.1, -0.05) is 35.0 Å². The van der Waals surface area contributed by atoms with Crippen molar-refractivity contribution < 1.29 is 9.32 Å². The molecule has 0 bridgehead atoms. The van der Waals surface area contributed by atoms with E-state index in [-0.39, 0.29) is 5.91 Å². The number of nitrogens with one attached hydrogen (secondary N) is 1. The van der Waals surface area contributed by atoms with E-state index in [0.29, 0.717) is 33.2 Å². The van der Waals surface area contributed by atoms with Crippen LogP contribution in [0.25, 0.3) is 22.4 Å². The molecule has 0 fully saturated rings. The van der Waals surface area contributed by atoms with Crippen LogP contribution in [0.3, 0.4) is 0 Å². The summed E-state index contributed by atoms with van der Waals surface area (Å²) in [4.78, 5) is 21.7. The van der Waals surface area contributed by atoms with Crippen LogP contribution in [0.1, 0.15) is 27.3 Å². The monoisotopic (exact) mass is 364 g/mol. The van der Waals surface area contributed by atoms with E-state index >= 15 is 0 Å². The molecule has 4 rings (SSSR count). The van der Waals surface area contributed by atoms with Crippen molar-refractivity contribution in [2.75, 3.05) is 5.32 Å². The summed E-state index contributed by atoms with van der Waals surface area (Å²) in [5.74, 6) is -0.258. The lowest BCUT2D eigenvalue weighted by Crippen LogP contribution is -2.13. The number of amides is 1. The Balaban J connectivity index is 1.82. The Kier molecular flexibility index (Phi) is 4.00. The Morgan fingerprint density at radius 3 is 2.58 bits per heavy atom. The van der Waals surface area contributed by atoms with Crippen molar-refractivity contribution in [3.05, 3.63) is 58.2 Å². The summed E-state index contributed by atoms with van der Waals surface area (Å²) in [6.07, 6.45) is 0. The predicted molar refractivity (Wildman–Crippen MR) is 102 cm³/mol. The molecule has 0 unspecified atom stereocenters. The molecule has 0 radical (unpaired) electrons. The largest absolute Gasteiger partial charge is 0.335 e. The third-order valence-electron chi connectivity index (χ3n) is 4.05. The van der Waals surface area contributed by atoms with Crippen molar-refractivity contribution in [1.82, 2.24) is 15.1 Å². The summed E-state index contributed by atoms with van der Waals surface area (Å²) in [5, 5.41) is 9.88. The van der Waals surface area contributed by atoms with Crippen LogP contribution in [0.5, 0.6) is 0 Å². The second-order valence-corrected chi connectivity index (χ2v) is 6.98. The molecule has 0 spiro atoms. The number of fused-ring (bicyclic) bond motifs is 1. The lowest BCUT2D eigenvalue weighted by molar-refractivity contribution is 0.102. The Hall–Kier alpha value is -3.06. The van der Waals surface area contributed by atoms with E-state index in [9.17, 15) is 4.79 Å². The molecule has 0 aliphatic heterocycles. The third-order valence-corrected chi connectivity index (χ3v) is 4.92. The lowest BCUT2D eigenvalue weighted by atomic mass is 10.0. The number of carbonyl (C=O) groups excluding carboxylic acids is 1. The topological polar surface area (TPSA) is 80.9 Å². The zero-order valence-corrected chi connectivity index (χ0v) is 15.3. The van der Waals surface area contributed by atoms with Crippen LogP contribution in [-0.4, -0.2) is 21.0 Å². The molecule has 1 N–H and O–H groups in total. The van der Waals surface area contributed by atoms with Crippen molar-refractivity contribution in [1.29, 1.82) is 0 Å². The maximum Gasteiger partial charge on any atom is 0.259 e. The highest BCUT2D eigenvalue weighted by Crippen LogP contribution is 2.28. The molecule has 7 heteroatoms. The normalized spacial score (nSPS) is 11.0. The first-order valence-electron chi connectivity index (χ1n) is 8.09. The first kappa shape index (κ1) is 16.4. The fourth-order valence-electron chi connectivity index (χ4n) is 2.72. The molecular formula is C19H16N4O2S. The molecule has 130 valence electrons. The second kappa shape index (κ2) is 6.34. The summed E-state index contributed by atoms with van der Waals surface area (Å²) in [6, 6.07) is 9.72. The van der Waals surface area contributed by atoms with Crippen LogP contribution in [0.15, 0.2) is 40.2 Å². The average Bonchev–Trinajstić information content (AvgIpc) is 3.20. The summed E-state index contributed by atoms with van der Waals surface area (Å²) in [6.45, 7) is 5.70. The third kappa shape index (κ3) is 2.97. The van der Waals surface area contributed by atoms with Gasteiger partial charge in [0.25, 0.3) is 11.6 Å². The number of anilines is 1. The van der Waals surface area contributed by atoms with Gasteiger partial charge in [-0.25, -0.2) is 9.97 Å². The Labute approximate surface area is 153 Å². The van der Waals surface area contributed by atoms with Crippen molar-refractivity contribution in [2.45, 2.75) is 20.8 Å². The number of aryl methyl sites for hydroxylation is 3. The number of carbonyl (C=O) groups is 1. The van der Waals surface area contributed by atoms with Crippen LogP contribution in [0, 0.1) is 20.8 Å². The molecule has 0 saturated heterocycles. The number of nitrogens with zero attached hydrogens (tertiary/aromatic N) is 3. The highest BCUT2D eigenvalue weighted by Gasteiger charge is 2.20. The minimum absolute atomic E-state index is 0.258. The van der Waals surface area contributed by atoms with Crippen LogP contribution >= 0.6 is 11.3 Å². The number of hydrogen-bond acceptors (Lipinski definition) is 6. The van der Waals surface area contributed by atoms with Crippen LogP contribution < -0.4 is 5.32 Å². The molecule has 0 saturated carbocycles. The van der Waals surface area contributed by atoms with E-state index < -0.39 is 0 Å². The molecule has 0 atom stereocenters. The molecule has 26 heavy (non-hydrogen) atoms. The smallest absolute Gasteiger partial charge is 0.259 e. The van der Waals surface area contributed by atoms with Gasteiger partial charge in [0.05, 0.1) is 28.0 Å². The van der Waals surface area contributed by atoms with E-state index in [4.69, 9.17) is 4.52 Å². The summed E-state index contributed by atoms with van der Waals surface area (Å²) >= 11 is 1.39. The van der Waals surface area contributed by atoms with Gasteiger partial charge < -0.3 is 4.52 Å². The Bertz CT molecular complexity index is 1110. The molecule has 0 aliphatic rings. The van der Waals surface area contributed by atoms with Gasteiger partial charge >= 0.3 is 0 Å². The molecular weight excluding hydrogens is 348 g/mol. The van der Waals surface area contributed by atoms with Crippen LogP contribution in [0.2, 0.25) is 0 Å². The van der Waals surface area contributed by atoms with Crippen LogP contribution in [0.4, 0.5) is 5.13 Å². The average molecular weight is 364 g/mol. The van der Waals surface area contributed by atoms with Gasteiger partial charge in [0.1, 0.15) is 0 Å². The molecule has 3 heterocycles. The fourth-order valence-corrected chi connectivity index (χ4v) is 3.41. The van der Waals surface area contributed by atoms with Gasteiger partial charge in [-0.15, -0.1) is 11.3 Å². The zero-order valence-electron chi connectivity index (χ0n) is 14.5. The number of rotatable bonds is 3. The van der Waals surface area contributed by atoms with E-state index in [0.717, 1.165) is 16.8 Å². The number of hydrogen-bond donors (Lipinski definition) is 1. The Morgan fingerprint density at radius 2 is 1.88 bits per heavy atom. The second-order valence-electron chi connectivity index (χ2n) is 6.12. The fraction of sp³-hybridized carbons (Fsp3) is 0.158. The van der Waals surface area contributed by atoms with Gasteiger partial charge in [-0.2, -0.15) is 0 Å². The standard InChI is InChI=1S/C19H16N4O2S/c1-10-4-6-13(7-5-10)15-8-14(16-12(3)23-25-18(16)21-15)17(24)22-19-20-11(2)9-26-19/h4-9H,1-3H3,(H,20,22,24). The number of aromatic nitrogens is 3. The summed E-state index contributed by atoms with van der Waals surface area (Å²) in [7, 11) is 0. The number of thiazole rings is 1. The molecule has 1 amide bonds. The minimum Gasteiger partial charge on any atom is -0.335 e. The van der Waals surface area contributed by atoms with E-state index in [1.165, 1.54) is 11.3 Å². The summed E-state index contributed by atoms with van der Waals surface area (Å²) < 4.78 is 5.33. The molecule has 4 aromatic rings. The van der Waals surface area contributed by atoms with E-state index in [1.54, 1.807) is 13.0 Å². The maximum absolute atomic E-state index is 12.9. The van der Waals surface area contributed by atoms with Gasteiger partial charge in [-0.05, 0) is 26.8 Å². The minimum atomic E-state index is -0.258. The summed E-state index contributed by atoms with van der Waals surface area (Å²) in [5.41, 5.74) is 5.04. The first-order chi connectivity index (χ1) is 12.5. The molecule has 0 aliphatic carbocycles. The Morgan fingerprint density at radius 1 is 1.12 bits per heavy atom. The molecule has 3 aromatic heterocycles. The van der Waals surface area contributed by atoms with Crippen molar-refractivity contribution in [3.8, 4) is 11.3 Å². The molecule has 6 nitrogen and oxygen atoms in total. The van der Waals surface area contributed by atoms with E-state index in [2.05, 4.69) is 20.4 Å². The zero-order chi connectivity index (χ0) is 18.3. The quantitative estimate of drug-likeness (QED) is 0.578. The van der Waals surface area contributed by atoms with E-state index in [1.807, 2.05) is 43.5 Å². The van der Waals surface area contributed by atoms with Gasteiger partial charge in [0.2, 0.25) is 0 Å². The van der Waals surface area contributed by atoms with Gasteiger partial charge in [0, 0.05) is 10.9 Å². The predicted octanol–water partition coefficient (Wildman–Crippen LogP) is 4.52. The van der Waals surface area contributed by atoms with Crippen molar-refractivity contribution in [3.63, 3.8) is 0 Å². The molecule has 1 aromatic carbocycles. The van der Waals surface area contributed by atoms with Crippen molar-refractivity contribution >= 4 is 33.5 Å². The lowest BCUT2D eigenvalue weighted by Gasteiger charge is -2.07. The van der Waals surface area contributed by atoms with Gasteiger partial charge in [-0.3, -0.25) is 10.1 Å².